The van der Waals surface area contributed by atoms with Crippen LogP contribution >= 0.6 is 0 Å². The van der Waals surface area contributed by atoms with E-state index in [1.54, 1.807) is 0 Å². The normalized spacial score (nSPS) is 12.1. The summed E-state index contributed by atoms with van der Waals surface area (Å²) in [6.45, 7) is 2.34. The highest BCUT2D eigenvalue weighted by Gasteiger charge is 2.14. The molecule has 0 aliphatic heterocycles. The Kier molecular flexibility index (Phi) is 4.19. The van der Waals surface area contributed by atoms with Gasteiger partial charge in [0.15, 0.2) is 0 Å². The first-order valence-electron chi connectivity index (χ1n) is 6.05. The number of tetrazole rings is 1. The largest absolute Gasteiger partial charge is 0.330 e. The predicted molar refractivity (Wildman–Crippen MR) is 70.6 cm³/mol. The first-order valence-corrected chi connectivity index (χ1v) is 6.05. The number of amides is 1. The minimum absolute atomic E-state index is 0.0639. The van der Waals surface area contributed by atoms with E-state index in [0.29, 0.717) is 18.7 Å². The molecular weight excluding hydrogens is 244 g/mol. The second kappa shape index (κ2) is 6.05. The molecule has 2 aromatic rings. The second-order valence-electron chi connectivity index (χ2n) is 4.24. The van der Waals surface area contributed by atoms with Crippen molar-refractivity contribution in [3.05, 3.63) is 30.6 Å². The van der Waals surface area contributed by atoms with Crippen LogP contribution in [0, 0.1) is 5.92 Å². The van der Waals surface area contributed by atoms with Crippen molar-refractivity contribution in [1.82, 2.24) is 20.2 Å². The Labute approximate surface area is 110 Å². The lowest BCUT2D eigenvalue weighted by Crippen LogP contribution is -2.23. The van der Waals surface area contributed by atoms with Gasteiger partial charge in [-0.05, 0) is 35.5 Å². The van der Waals surface area contributed by atoms with Crippen LogP contribution in [-0.4, -0.2) is 32.7 Å². The number of para-hydroxylation sites is 2. The Morgan fingerprint density at radius 3 is 2.95 bits per heavy atom. The Hall–Kier alpha value is -2.28. The van der Waals surface area contributed by atoms with Gasteiger partial charge in [-0.25, -0.2) is 0 Å². The molecule has 1 aromatic carbocycles. The molecule has 2 rings (SSSR count). The molecular formula is C12H16N6O. The maximum absolute atomic E-state index is 12.0. The number of nitrogens with two attached hydrogens (primary N) is 1. The average molecular weight is 260 g/mol. The quantitative estimate of drug-likeness (QED) is 0.819. The molecule has 0 saturated heterocycles. The number of carbonyl (C=O) groups is 1. The van der Waals surface area contributed by atoms with Gasteiger partial charge in [0.05, 0.1) is 11.4 Å². The van der Waals surface area contributed by atoms with Gasteiger partial charge in [0.25, 0.3) is 0 Å². The molecule has 1 atom stereocenters. The van der Waals surface area contributed by atoms with Crippen molar-refractivity contribution >= 4 is 11.6 Å². The summed E-state index contributed by atoms with van der Waals surface area (Å²) in [5.74, 6) is -0.196. The number of nitrogens with one attached hydrogen (secondary N) is 1. The maximum Gasteiger partial charge on any atom is 0.227 e. The molecule has 0 aliphatic carbocycles. The van der Waals surface area contributed by atoms with E-state index in [9.17, 15) is 4.79 Å². The highest BCUT2D eigenvalue weighted by molar-refractivity contribution is 5.94. The minimum Gasteiger partial charge on any atom is -0.330 e. The Bertz CT molecular complexity index is 539. The molecule has 7 nitrogen and oxygen atoms in total. The molecule has 0 saturated carbocycles. The van der Waals surface area contributed by atoms with Crippen molar-refractivity contribution in [2.45, 2.75) is 13.3 Å². The van der Waals surface area contributed by atoms with Crippen molar-refractivity contribution in [3.8, 4) is 5.69 Å². The molecule has 1 unspecified atom stereocenters. The highest BCUT2D eigenvalue weighted by Crippen LogP contribution is 2.19. The number of nitrogens with zero attached hydrogens (tertiary/aromatic N) is 4. The average Bonchev–Trinajstić information content (AvgIpc) is 2.93. The predicted octanol–water partition coefficient (Wildman–Crippen LogP) is 0.586. The molecule has 0 spiro atoms. The summed E-state index contributed by atoms with van der Waals surface area (Å²) in [6.07, 6.45) is 2.13. The van der Waals surface area contributed by atoms with Crippen molar-refractivity contribution in [2.24, 2.45) is 11.7 Å². The fourth-order valence-corrected chi connectivity index (χ4v) is 1.69. The lowest BCUT2D eigenvalue weighted by Gasteiger charge is -2.13. The van der Waals surface area contributed by atoms with Crippen LogP contribution in [0.1, 0.15) is 13.3 Å². The molecule has 1 amide bonds. The van der Waals surface area contributed by atoms with E-state index in [2.05, 4.69) is 20.8 Å². The topological polar surface area (TPSA) is 98.7 Å². The standard InChI is InChI=1S/C12H16N6O/c1-9(6-7-13)12(19)15-10-4-2-3-5-11(10)18-8-14-16-17-18/h2-5,8-9H,6-7,13H2,1H3,(H,15,19). The number of carbonyl (C=O) groups excluding carboxylic acids is 1. The molecule has 100 valence electrons. The Morgan fingerprint density at radius 1 is 1.47 bits per heavy atom. The van der Waals surface area contributed by atoms with E-state index in [4.69, 9.17) is 5.73 Å². The smallest absolute Gasteiger partial charge is 0.227 e. The molecule has 3 N–H and O–H groups in total. The van der Waals surface area contributed by atoms with Crippen molar-refractivity contribution in [2.75, 3.05) is 11.9 Å². The van der Waals surface area contributed by atoms with E-state index in [-0.39, 0.29) is 11.8 Å². The SMILES string of the molecule is CC(CCN)C(=O)Nc1ccccc1-n1cnnn1. The summed E-state index contributed by atoms with van der Waals surface area (Å²) < 4.78 is 1.50. The van der Waals surface area contributed by atoms with Gasteiger partial charge in [-0.2, -0.15) is 4.68 Å². The van der Waals surface area contributed by atoms with Gasteiger partial charge in [-0.3, -0.25) is 4.79 Å². The molecule has 1 heterocycles. The van der Waals surface area contributed by atoms with Gasteiger partial charge in [0.1, 0.15) is 6.33 Å². The summed E-state index contributed by atoms with van der Waals surface area (Å²) in [5.41, 5.74) is 6.85. The number of hydrogen-bond acceptors (Lipinski definition) is 5. The molecule has 7 heteroatoms. The molecule has 19 heavy (non-hydrogen) atoms. The third-order valence-corrected chi connectivity index (χ3v) is 2.81. The zero-order valence-electron chi connectivity index (χ0n) is 10.7. The van der Waals surface area contributed by atoms with Crippen LogP contribution in [0.2, 0.25) is 0 Å². The monoisotopic (exact) mass is 260 g/mol. The fraction of sp³-hybridized carbons (Fsp3) is 0.333. The summed E-state index contributed by atoms with van der Waals surface area (Å²) in [6, 6.07) is 7.34. The van der Waals surface area contributed by atoms with Gasteiger partial charge < -0.3 is 11.1 Å². The van der Waals surface area contributed by atoms with Crippen molar-refractivity contribution in [3.63, 3.8) is 0 Å². The summed E-state index contributed by atoms with van der Waals surface area (Å²) in [7, 11) is 0. The molecule has 0 aliphatic rings. The van der Waals surface area contributed by atoms with Crippen LogP contribution in [0.15, 0.2) is 30.6 Å². The summed E-state index contributed by atoms with van der Waals surface area (Å²) >= 11 is 0. The van der Waals surface area contributed by atoms with Crippen LogP contribution in [0.25, 0.3) is 5.69 Å². The zero-order valence-corrected chi connectivity index (χ0v) is 10.7. The fourth-order valence-electron chi connectivity index (χ4n) is 1.69. The van der Waals surface area contributed by atoms with E-state index < -0.39 is 0 Å². The lowest BCUT2D eigenvalue weighted by molar-refractivity contribution is -0.119. The molecule has 0 bridgehead atoms. The van der Waals surface area contributed by atoms with Crippen LogP contribution in [0.3, 0.4) is 0 Å². The maximum atomic E-state index is 12.0. The van der Waals surface area contributed by atoms with Crippen LogP contribution < -0.4 is 11.1 Å². The summed E-state index contributed by atoms with van der Waals surface area (Å²) in [5, 5.41) is 13.9. The second-order valence-corrected chi connectivity index (χ2v) is 4.24. The number of aromatic nitrogens is 4. The van der Waals surface area contributed by atoms with Crippen LogP contribution in [-0.2, 0) is 4.79 Å². The van der Waals surface area contributed by atoms with Gasteiger partial charge in [-0.1, -0.05) is 19.1 Å². The first kappa shape index (κ1) is 13.2. The zero-order chi connectivity index (χ0) is 13.7. The highest BCUT2D eigenvalue weighted by atomic mass is 16.1. The molecule has 0 radical (unpaired) electrons. The first-order chi connectivity index (χ1) is 9.22. The van der Waals surface area contributed by atoms with E-state index >= 15 is 0 Å². The van der Waals surface area contributed by atoms with E-state index in [1.807, 2.05) is 31.2 Å². The van der Waals surface area contributed by atoms with Gasteiger partial charge in [0.2, 0.25) is 5.91 Å². The van der Waals surface area contributed by atoms with Gasteiger partial charge in [0, 0.05) is 5.92 Å². The molecule has 1 aromatic heterocycles. The number of hydrogen-bond donors (Lipinski definition) is 2. The number of benzene rings is 1. The van der Waals surface area contributed by atoms with Crippen LogP contribution in [0.5, 0.6) is 0 Å². The van der Waals surface area contributed by atoms with Gasteiger partial charge in [-0.15, -0.1) is 5.10 Å². The minimum atomic E-state index is -0.132. The Balaban J connectivity index is 2.19. The van der Waals surface area contributed by atoms with Crippen molar-refractivity contribution < 1.29 is 4.79 Å². The Morgan fingerprint density at radius 2 is 2.26 bits per heavy atom. The van der Waals surface area contributed by atoms with E-state index in [1.165, 1.54) is 11.0 Å². The van der Waals surface area contributed by atoms with E-state index in [0.717, 1.165) is 5.69 Å². The number of rotatable bonds is 5. The third kappa shape index (κ3) is 3.14. The van der Waals surface area contributed by atoms with Gasteiger partial charge >= 0.3 is 0 Å². The van der Waals surface area contributed by atoms with Crippen LogP contribution in [0.4, 0.5) is 5.69 Å². The third-order valence-electron chi connectivity index (χ3n) is 2.81. The molecule has 0 fully saturated rings. The summed E-state index contributed by atoms with van der Waals surface area (Å²) in [4.78, 5) is 12.0. The number of anilines is 1. The van der Waals surface area contributed by atoms with Crippen molar-refractivity contribution in [1.29, 1.82) is 0 Å². The lowest BCUT2D eigenvalue weighted by atomic mass is 10.1.